The largest absolute Gasteiger partial charge is 0.449 e. The molecule has 0 saturated carbocycles. The Labute approximate surface area is 120 Å². The fraction of sp³-hybridized carbons (Fsp3) is 0.429. The second kappa shape index (κ2) is 7.10. The molecule has 0 aromatic heterocycles. The van der Waals surface area contributed by atoms with E-state index in [2.05, 4.69) is 4.74 Å². The maximum atomic E-state index is 12.0. The van der Waals surface area contributed by atoms with Gasteiger partial charge in [0, 0.05) is 13.1 Å². The number of nitrogens with zero attached hydrogens (tertiary/aromatic N) is 1. The number of rotatable bonds is 4. The molecule has 0 bridgehead atoms. The quantitative estimate of drug-likeness (QED) is 0.634. The van der Waals surface area contributed by atoms with Crippen molar-refractivity contribution in [2.24, 2.45) is 0 Å². The lowest BCUT2D eigenvalue weighted by Crippen LogP contribution is -2.38. The highest BCUT2D eigenvalue weighted by Gasteiger charge is 2.32. The number of likely N-dealkylation sites (N-methyl/N-ethyl adjacent to an activating group) is 1. The molecule has 0 aliphatic carbocycles. The summed E-state index contributed by atoms with van der Waals surface area (Å²) in [7, 11) is 0. The second-order valence-corrected chi connectivity index (χ2v) is 4.44. The Kier molecular flexibility index (Phi) is 5.75. The summed E-state index contributed by atoms with van der Waals surface area (Å²) < 4.78 is 39.8. The van der Waals surface area contributed by atoms with Gasteiger partial charge in [0.15, 0.2) is 6.61 Å². The van der Waals surface area contributed by atoms with Crippen LogP contribution in [0.1, 0.15) is 18.1 Å². The Balaban J connectivity index is 2.69. The summed E-state index contributed by atoms with van der Waals surface area (Å²) in [5.74, 6) is -2.58. The van der Waals surface area contributed by atoms with Crippen molar-refractivity contribution in [3.63, 3.8) is 0 Å². The smallest absolute Gasteiger partial charge is 0.422 e. The lowest BCUT2D eigenvalue weighted by atomic mass is 10.1. The first-order valence-electron chi connectivity index (χ1n) is 6.32. The molecule has 1 amide bonds. The molecule has 21 heavy (non-hydrogen) atoms. The number of esters is 1. The van der Waals surface area contributed by atoms with Crippen LogP contribution in [0, 0.1) is 6.92 Å². The molecule has 0 unspecified atom stereocenters. The highest BCUT2D eigenvalue weighted by molar-refractivity contribution is 6.32. The molecule has 0 aliphatic heterocycles. The summed E-state index contributed by atoms with van der Waals surface area (Å²) in [5, 5.41) is 0. The van der Waals surface area contributed by atoms with Crippen molar-refractivity contribution in [3.8, 4) is 0 Å². The molecule has 0 fully saturated rings. The minimum Gasteiger partial charge on any atom is -0.449 e. The molecule has 7 heteroatoms. The van der Waals surface area contributed by atoms with E-state index >= 15 is 0 Å². The Morgan fingerprint density at radius 2 is 1.86 bits per heavy atom. The first kappa shape index (κ1) is 17.0. The molecule has 0 saturated heterocycles. The number of benzene rings is 1. The number of carbonyl (C=O) groups excluding carboxylic acids is 2. The molecule has 0 atom stereocenters. The van der Waals surface area contributed by atoms with E-state index in [9.17, 15) is 22.8 Å². The van der Waals surface area contributed by atoms with Crippen molar-refractivity contribution in [3.05, 3.63) is 35.4 Å². The molecule has 1 aromatic rings. The van der Waals surface area contributed by atoms with Gasteiger partial charge in [-0.15, -0.1) is 0 Å². The van der Waals surface area contributed by atoms with E-state index in [0.29, 0.717) is 0 Å². The first-order chi connectivity index (χ1) is 9.74. The molecular weight excluding hydrogens is 287 g/mol. The summed E-state index contributed by atoms with van der Waals surface area (Å²) in [6, 6.07) is 7.24. The van der Waals surface area contributed by atoms with Crippen molar-refractivity contribution in [2.75, 3.05) is 13.2 Å². The Morgan fingerprint density at radius 1 is 1.24 bits per heavy atom. The predicted molar refractivity (Wildman–Crippen MR) is 69.3 cm³/mol. The third-order valence-corrected chi connectivity index (χ3v) is 2.83. The minimum atomic E-state index is -4.65. The van der Waals surface area contributed by atoms with Crippen molar-refractivity contribution >= 4 is 11.9 Å². The highest BCUT2D eigenvalue weighted by atomic mass is 19.4. The van der Waals surface area contributed by atoms with E-state index in [0.717, 1.165) is 16.0 Å². The monoisotopic (exact) mass is 303 g/mol. The van der Waals surface area contributed by atoms with Gasteiger partial charge < -0.3 is 9.64 Å². The van der Waals surface area contributed by atoms with Crippen LogP contribution in [-0.4, -0.2) is 36.1 Å². The Hall–Kier alpha value is -2.05. The topological polar surface area (TPSA) is 46.6 Å². The van der Waals surface area contributed by atoms with E-state index in [-0.39, 0.29) is 13.1 Å². The van der Waals surface area contributed by atoms with E-state index in [1.54, 1.807) is 19.1 Å². The van der Waals surface area contributed by atoms with E-state index in [1.165, 1.54) is 0 Å². The number of halogens is 3. The van der Waals surface area contributed by atoms with Gasteiger partial charge in [-0.05, 0) is 25.0 Å². The van der Waals surface area contributed by atoms with Crippen LogP contribution in [0.2, 0.25) is 0 Å². The maximum absolute atomic E-state index is 12.0. The average molecular weight is 303 g/mol. The predicted octanol–water partition coefficient (Wildman–Crippen LogP) is 2.45. The lowest BCUT2D eigenvalue weighted by Gasteiger charge is -2.21. The number of alkyl halides is 3. The number of ether oxygens (including phenoxy) is 1. The second-order valence-electron chi connectivity index (χ2n) is 4.44. The number of amides is 1. The standard InChI is InChI=1S/C14H16F3NO3/c1-3-18(8-11-7-5-4-6-10(11)2)12(19)13(20)21-9-14(15,16)17/h4-7H,3,8-9H2,1-2H3. The van der Waals surface area contributed by atoms with Crippen LogP contribution < -0.4 is 0 Å². The summed E-state index contributed by atoms with van der Waals surface area (Å²) in [5.41, 5.74) is 1.74. The summed E-state index contributed by atoms with van der Waals surface area (Å²) in [6.45, 7) is 2.04. The Morgan fingerprint density at radius 3 is 2.38 bits per heavy atom. The van der Waals surface area contributed by atoms with Crippen molar-refractivity contribution in [1.82, 2.24) is 4.90 Å². The number of aryl methyl sites for hydroxylation is 1. The van der Waals surface area contributed by atoms with Crippen LogP contribution in [-0.2, 0) is 20.9 Å². The molecule has 0 N–H and O–H groups in total. The zero-order chi connectivity index (χ0) is 16.0. The van der Waals surface area contributed by atoms with Crippen molar-refractivity contribution in [1.29, 1.82) is 0 Å². The van der Waals surface area contributed by atoms with Gasteiger partial charge in [0.05, 0.1) is 0 Å². The van der Waals surface area contributed by atoms with Crippen LogP contribution in [0.5, 0.6) is 0 Å². The fourth-order valence-corrected chi connectivity index (χ4v) is 1.66. The van der Waals surface area contributed by atoms with Gasteiger partial charge in [0.2, 0.25) is 0 Å². The molecule has 0 aliphatic rings. The third kappa shape index (κ3) is 5.45. The zero-order valence-corrected chi connectivity index (χ0v) is 11.7. The SMILES string of the molecule is CCN(Cc1ccccc1C)C(=O)C(=O)OCC(F)(F)F. The van der Waals surface area contributed by atoms with E-state index in [4.69, 9.17) is 0 Å². The first-order valence-corrected chi connectivity index (χ1v) is 6.32. The molecule has 1 aromatic carbocycles. The van der Waals surface area contributed by atoms with Gasteiger partial charge in [0.25, 0.3) is 0 Å². The normalized spacial score (nSPS) is 11.1. The van der Waals surface area contributed by atoms with Crippen LogP contribution in [0.25, 0.3) is 0 Å². The van der Waals surface area contributed by atoms with E-state index < -0.39 is 24.7 Å². The van der Waals surface area contributed by atoms with Crippen molar-refractivity contribution in [2.45, 2.75) is 26.6 Å². The molecule has 0 radical (unpaired) electrons. The highest BCUT2D eigenvalue weighted by Crippen LogP contribution is 2.15. The molecule has 116 valence electrons. The zero-order valence-electron chi connectivity index (χ0n) is 11.7. The van der Waals surface area contributed by atoms with Crippen LogP contribution in [0.3, 0.4) is 0 Å². The lowest BCUT2D eigenvalue weighted by molar-refractivity contribution is -0.189. The maximum Gasteiger partial charge on any atom is 0.422 e. The average Bonchev–Trinajstić information content (AvgIpc) is 2.42. The molecule has 0 spiro atoms. The van der Waals surface area contributed by atoms with Crippen LogP contribution in [0.4, 0.5) is 13.2 Å². The Bertz CT molecular complexity index is 514. The van der Waals surface area contributed by atoms with Gasteiger partial charge >= 0.3 is 18.1 Å². The van der Waals surface area contributed by atoms with Gasteiger partial charge in [-0.25, -0.2) is 4.79 Å². The van der Waals surface area contributed by atoms with Gasteiger partial charge in [-0.3, -0.25) is 4.79 Å². The van der Waals surface area contributed by atoms with Gasteiger partial charge in [-0.2, -0.15) is 13.2 Å². The van der Waals surface area contributed by atoms with E-state index in [1.807, 2.05) is 19.1 Å². The number of hydrogen-bond donors (Lipinski definition) is 0. The number of hydrogen-bond acceptors (Lipinski definition) is 3. The minimum absolute atomic E-state index is 0.142. The summed E-state index contributed by atoms with van der Waals surface area (Å²) in [6.07, 6.45) is -4.65. The molecule has 1 rings (SSSR count). The summed E-state index contributed by atoms with van der Waals surface area (Å²) in [4.78, 5) is 24.3. The van der Waals surface area contributed by atoms with Gasteiger partial charge in [-0.1, -0.05) is 24.3 Å². The van der Waals surface area contributed by atoms with Crippen LogP contribution >= 0.6 is 0 Å². The molecular formula is C14H16F3NO3. The van der Waals surface area contributed by atoms with Gasteiger partial charge in [0.1, 0.15) is 0 Å². The number of carbonyl (C=O) groups is 2. The fourth-order valence-electron chi connectivity index (χ4n) is 1.66. The van der Waals surface area contributed by atoms with Crippen molar-refractivity contribution < 1.29 is 27.5 Å². The molecule has 4 nitrogen and oxygen atoms in total. The summed E-state index contributed by atoms with van der Waals surface area (Å²) >= 11 is 0. The molecule has 0 heterocycles. The van der Waals surface area contributed by atoms with Crippen LogP contribution in [0.15, 0.2) is 24.3 Å². The third-order valence-electron chi connectivity index (χ3n) is 2.83.